The lowest BCUT2D eigenvalue weighted by Gasteiger charge is -2.23. The molecule has 2 unspecified atom stereocenters. The summed E-state index contributed by atoms with van der Waals surface area (Å²) in [6.07, 6.45) is 49.7. The van der Waals surface area contributed by atoms with Gasteiger partial charge in [-0.05, 0) is 64.2 Å². The van der Waals surface area contributed by atoms with Crippen LogP contribution in [0.5, 0.6) is 0 Å². The summed E-state index contributed by atoms with van der Waals surface area (Å²) in [6, 6.07) is -1.00. The third kappa shape index (κ3) is 34.8. The maximum atomic E-state index is 12.5. The number of carbonyl (C=O) groups excluding carboxylic acids is 1. The fourth-order valence-electron chi connectivity index (χ4n) is 5.09. The largest absolute Gasteiger partial charge is 0.391 e. The van der Waals surface area contributed by atoms with Crippen molar-refractivity contribution in [2.24, 2.45) is 0 Å². The summed E-state index contributed by atoms with van der Waals surface area (Å²) in [5.74, 6) is -0.986. The standard InChI is InChI=1S/C41H69NO5S/c1-3-5-7-9-11-13-15-16-17-18-19-20-21-22-23-24-25-26-27-29-31-33-35-37-41(44)42-39(38-48(45,46)47)40(43)36-34-32-30-28-14-12-10-8-6-4-2/h5,7,11,13,16-17,19-20,22-23,25-26,29,31,39-40,43H,3-4,6,8-10,12,14-15,18,21,24,27-28,30,32-38H2,1-2H3,(H,42,44)(H,45,46,47)/b7-5-,13-11-,17-16-,20-19-,23-22-,26-25-,31-29-. The molecule has 0 aliphatic heterocycles. The van der Waals surface area contributed by atoms with E-state index in [9.17, 15) is 22.9 Å². The molecular formula is C41H69NO5S. The summed E-state index contributed by atoms with van der Waals surface area (Å²) in [5, 5.41) is 13.2. The van der Waals surface area contributed by atoms with Crippen LogP contribution < -0.4 is 5.32 Å². The first kappa shape index (κ1) is 45.5. The van der Waals surface area contributed by atoms with Gasteiger partial charge in [0.05, 0.1) is 17.9 Å². The van der Waals surface area contributed by atoms with Gasteiger partial charge in [-0.2, -0.15) is 8.42 Å². The Labute approximate surface area is 295 Å². The Morgan fingerprint density at radius 3 is 1.40 bits per heavy atom. The minimum Gasteiger partial charge on any atom is -0.391 e. The van der Waals surface area contributed by atoms with Crippen molar-refractivity contribution in [1.82, 2.24) is 5.32 Å². The monoisotopic (exact) mass is 687 g/mol. The van der Waals surface area contributed by atoms with Gasteiger partial charge in [0.15, 0.2) is 0 Å². The molecule has 0 aromatic heterocycles. The first-order valence-corrected chi connectivity index (χ1v) is 20.4. The third-order valence-corrected chi connectivity index (χ3v) is 8.64. The molecule has 0 heterocycles. The second-order valence-electron chi connectivity index (χ2n) is 12.5. The van der Waals surface area contributed by atoms with Gasteiger partial charge in [0.2, 0.25) is 5.91 Å². The maximum Gasteiger partial charge on any atom is 0.266 e. The molecule has 48 heavy (non-hydrogen) atoms. The lowest BCUT2D eigenvalue weighted by Crippen LogP contribution is -2.47. The number of hydrogen-bond acceptors (Lipinski definition) is 4. The maximum absolute atomic E-state index is 12.5. The highest BCUT2D eigenvalue weighted by molar-refractivity contribution is 7.85. The molecule has 0 fully saturated rings. The number of rotatable bonds is 32. The molecule has 0 saturated heterocycles. The average Bonchev–Trinajstić information content (AvgIpc) is 3.05. The predicted octanol–water partition coefficient (Wildman–Crippen LogP) is 10.8. The summed E-state index contributed by atoms with van der Waals surface area (Å²) in [6.45, 7) is 4.37. The molecule has 0 radical (unpaired) electrons. The van der Waals surface area contributed by atoms with Crippen molar-refractivity contribution in [2.75, 3.05) is 5.75 Å². The van der Waals surface area contributed by atoms with Gasteiger partial charge in [0.25, 0.3) is 10.1 Å². The molecule has 274 valence electrons. The zero-order valence-corrected chi connectivity index (χ0v) is 31.1. The molecule has 6 nitrogen and oxygen atoms in total. The molecule has 0 aromatic rings. The number of allylic oxidation sites excluding steroid dienone is 14. The summed E-state index contributed by atoms with van der Waals surface area (Å²) >= 11 is 0. The van der Waals surface area contributed by atoms with Gasteiger partial charge in [-0.1, -0.05) is 163 Å². The summed E-state index contributed by atoms with van der Waals surface area (Å²) in [7, 11) is -4.33. The Morgan fingerprint density at radius 1 is 0.583 bits per heavy atom. The molecule has 0 spiro atoms. The third-order valence-electron chi connectivity index (χ3n) is 7.86. The van der Waals surface area contributed by atoms with E-state index < -0.39 is 28.0 Å². The van der Waals surface area contributed by atoms with Crippen molar-refractivity contribution < 1.29 is 22.9 Å². The Kier molecular flexibility index (Phi) is 32.6. The van der Waals surface area contributed by atoms with Crippen molar-refractivity contribution in [3.8, 4) is 0 Å². The summed E-state index contributed by atoms with van der Waals surface area (Å²) < 4.78 is 32.4. The van der Waals surface area contributed by atoms with E-state index >= 15 is 0 Å². The highest BCUT2D eigenvalue weighted by atomic mass is 32.2. The molecule has 0 saturated carbocycles. The van der Waals surface area contributed by atoms with E-state index in [1.54, 1.807) is 0 Å². The quantitative estimate of drug-likeness (QED) is 0.0371. The molecule has 7 heteroatoms. The molecule has 2 atom stereocenters. The normalized spacial score (nSPS) is 14.3. The average molecular weight is 688 g/mol. The lowest BCUT2D eigenvalue weighted by molar-refractivity contribution is -0.122. The van der Waals surface area contributed by atoms with Crippen molar-refractivity contribution in [2.45, 2.75) is 161 Å². The smallest absolute Gasteiger partial charge is 0.266 e. The van der Waals surface area contributed by atoms with Crippen molar-refractivity contribution in [1.29, 1.82) is 0 Å². The van der Waals surface area contributed by atoms with Crippen LogP contribution in [-0.2, 0) is 14.9 Å². The Morgan fingerprint density at radius 2 is 0.979 bits per heavy atom. The number of aliphatic hydroxyl groups is 1. The van der Waals surface area contributed by atoms with Crippen LogP contribution in [0.2, 0.25) is 0 Å². The number of amides is 1. The molecule has 0 rings (SSSR count). The Balaban J connectivity index is 4.05. The van der Waals surface area contributed by atoms with Gasteiger partial charge in [0, 0.05) is 6.42 Å². The second kappa shape index (κ2) is 34.4. The SMILES string of the molecule is CC/C=C\C/C=C\C/C=C\C/C=C\C/C=C\C/C=C\C/C=C\CCCC(=O)NC(CS(=O)(=O)O)C(O)CCCCCCCCCCCC. The number of nitrogens with one attached hydrogen (secondary N) is 1. The highest BCUT2D eigenvalue weighted by Crippen LogP contribution is 2.14. The van der Waals surface area contributed by atoms with Gasteiger partial charge in [0.1, 0.15) is 0 Å². The van der Waals surface area contributed by atoms with Gasteiger partial charge in [-0.3, -0.25) is 9.35 Å². The van der Waals surface area contributed by atoms with E-state index in [0.717, 1.165) is 70.6 Å². The highest BCUT2D eigenvalue weighted by Gasteiger charge is 2.25. The molecule has 0 aliphatic carbocycles. The fourth-order valence-corrected chi connectivity index (χ4v) is 5.85. The minimum absolute atomic E-state index is 0.233. The van der Waals surface area contributed by atoms with Crippen LogP contribution in [-0.4, -0.2) is 41.9 Å². The molecule has 1 amide bonds. The van der Waals surface area contributed by atoms with Crippen LogP contribution in [0.3, 0.4) is 0 Å². The van der Waals surface area contributed by atoms with Crippen LogP contribution in [0, 0.1) is 0 Å². The molecular weight excluding hydrogens is 619 g/mol. The molecule has 0 bridgehead atoms. The van der Waals surface area contributed by atoms with Crippen LogP contribution in [0.4, 0.5) is 0 Å². The van der Waals surface area contributed by atoms with Crippen LogP contribution >= 0.6 is 0 Å². The number of hydrogen-bond donors (Lipinski definition) is 3. The number of carbonyl (C=O) groups is 1. The Bertz CT molecular complexity index is 1070. The second-order valence-corrected chi connectivity index (χ2v) is 14.0. The zero-order valence-electron chi connectivity index (χ0n) is 30.3. The fraction of sp³-hybridized carbons (Fsp3) is 0.634. The van der Waals surface area contributed by atoms with Gasteiger partial charge < -0.3 is 10.4 Å². The zero-order chi connectivity index (χ0) is 35.4. The summed E-state index contributed by atoms with van der Waals surface area (Å²) in [4.78, 5) is 12.5. The number of aliphatic hydroxyl groups excluding tert-OH is 1. The van der Waals surface area contributed by atoms with E-state index in [1.165, 1.54) is 44.9 Å². The molecule has 0 aliphatic rings. The topological polar surface area (TPSA) is 104 Å². The van der Waals surface area contributed by atoms with Crippen molar-refractivity contribution >= 4 is 16.0 Å². The summed E-state index contributed by atoms with van der Waals surface area (Å²) in [5.41, 5.74) is 0. The minimum atomic E-state index is -4.33. The van der Waals surface area contributed by atoms with E-state index in [2.05, 4.69) is 98.2 Å². The Hall–Kier alpha value is -2.48. The van der Waals surface area contributed by atoms with Gasteiger partial charge in [-0.25, -0.2) is 0 Å². The van der Waals surface area contributed by atoms with E-state index in [0.29, 0.717) is 12.8 Å². The molecule has 0 aromatic carbocycles. The molecule has 3 N–H and O–H groups in total. The van der Waals surface area contributed by atoms with Crippen molar-refractivity contribution in [3.05, 3.63) is 85.1 Å². The van der Waals surface area contributed by atoms with Crippen LogP contribution in [0.25, 0.3) is 0 Å². The van der Waals surface area contributed by atoms with Crippen LogP contribution in [0.1, 0.15) is 149 Å². The van der Waals surface area contributed by atoms with Gasteiger partial charge in [-0.15, -0.1) is 0 Å². The van der Waals surface area contributed by atoms with E-state index in [1.807, 2.05) is 6.08 Å². The first-order chi connectivity index (χ1) is 23.3. The first-order valence-electron chi connectivity index (χ1n) is 18.8. The van der Waals surface area contributed by atoms with Gasteiger partial charge >= 0.3 is 0 Å². The van der Waals surface area contributed by atoms with Crippen molar-refractivity contribution in [3.63, 3.8) is 0 Å². The lowest BCUT2D eigenvalue weighted by atomic mass is 10.0. The number of unbranched alkanes of at least 4 members (excludes halogenated alkanes) is 10. The van der Waals surface area contributed by atoms with E-state index in [4.69, 9.17) is 0 Å². The van der Waals surface area contributed by atoms with Crippen LogP contribution in [0.15, 0.2) is 85.1 Å². The predicted molar refractivity (Wildman–Crippen MR) is 207 cm³/mol. The van der Waals surface area contributed by atoms with E-state index in [-0.39, 0.29) is 12.3 Å².